The summed E-state index contributed by atoms with van der Waals surface area (Å²) in [6.45, 7) is 2.10. The third kappa shape index (κ3) is 2.64. The quantitative estimate of drug-likeness (QED) is 0.794. The van der Waals surface area contributed by atoms with Gasteiger partial charge in [0, 0.05) is 30.7 Å². The van der Waals surface area contributed by atoms with Crippen LogP contribution in [0.2, 0.25) is 0 Å². The second kappa shape index (κ2) is 5.48. The van der Waals surface area contributed by atoms with Gasteiger partial charge in [-0.1, -0.05) is 15.9 Å². The van der Waals surface area contributed by atoms with E-state index in [4.69, 9.17) is 4.74 Å². The first-order chi connectivity index (χ1) is 7.83. The van der Waals surface area contributed by atoms with Crippen LogP contribution in [0.4, 0.5) is 5.95 Å². The Bertz CT molecular complexity index is 348. The Labute approximate surface area is 104 Å². The van der Waals surface area contributed by atoms with E-state index in [1.54, 1.807) is 19.4 Å². The van der Waals surface area contributed by atoms with E-state index in [9.17, 15) is 0 Å². The number of hydrogen-bond acceptors (Lipinski definition) is 4. The van der Waals surface area contributed by atoms with Gasteiger partial charge < -0.3 is 9.64 Å². The molecule has 1 unspecified atom stereocenters. The highest BCUT2D eigenvalue weighted by atomic mass is 79.9. The smallest absolute Gasteiger partial charge is 0.228 e. The minimum atomic E-state index is 0.633. The first kappa shape index (κ1) is 11.6. The van der Waals surface area contributed by atoms with Gasteiger partial charge in [-0.3, -0.25) is 0 Å². The summed E-state index contributed by atoms with van der Waals surface area (Å²) in [4.78, 5) is 10.9. The summed E-state index contributed by atoms with van der Waals surface area (Å²) in [5.74, 6) is 2.18. The van der Waals surface area contributed by atoms with Crippen molar-refractivity contribution in [3.8, 4) is 5.88 Å². The van der Waals surface area contributed by atoms with Gasteiger partial charge in [-0.05, 0) is 18.8 Å². The lowest BCUT2D eigenvalue weighted by Crippen LogP contribution is -2.22. The lowest BCUT2D eigenvalue weighted by Gasteiger charge is -2.16. The Morgan fingerprint density at radius 1 is 1.62 bits per heavy atom. The van der Waals surface area contributed by atoms with Crippen molar-refractivity contribution < 1.29 is 4.74 Å². The van der Waals surface area contributed by atoms with Crippen molar-refractivity contribution >= 4 is 21.9 Å². The van der Waals surface area contributed by atoms with Gasteiger partial charge >= 0.3 is 0 Å². The molecule has 0 bridgehead atoms. The normalized spacial score (nSPS) is 20.1. The van der Waals surface area contributed by atoms with E-state index in [1.165, 1.54) is 12.8 Å². The van der Waals surface area contributed by atoms with Gasteiger partial charge in [-0.25, -0.2) is 4.98 Å². The van der Waals surface area contributed by atoms with Gasteiger partial charge in [0.25, 0.3) is 0 Å². The number of aromatic nitrogens is 2. The summed E-state index contributed by atoms with van der Waals surface area (Å²) in [6, 6.07) is 1.77. The van der Waals surface area contributed by atoms with Crippen LogP contribution in [0.1, 0.15) is 12.8 Å². The zero-order chi connectivity index (χ0) is 11.4. The zero-order valence-electron chi connectivity index (χ0n) is 9.40. The summed E-state index contributed by atoms with van der Waals surface area (Å²) in [7, 11) is 1.63. The van der Waals surface area contributed by atoms with Gasteiger partial charge in [0.15, 0.2) is 0 Å². The molecular formula is C11H16BrN3O. The maximum atomic E-state index is 5.10. The minimum Gasteiger partial charge on any atom is -0.481 e. The molecule has 4 nitrogen and oxygen atoms in total. The van der Waals surface area contributed by atoms with Crippen LogP contribution in [0.25, 0.3) is 0 Å². The molecule has 0 spiro atoms. The summed E-state index contributed by atoms with van der Waals surface area (Å²) in [5, 5.41) is 1.07. The third-order valence-corrected chi connectivity index (χ3v) is 3.37. The number of nitrogens with zero attached hydrogens (tertiary/aromatic N) is 3. The molecule has 0 radical (unpaired) electrons. The predicted octanol–water partition coefficient (Wildman–Crippen LogP) is 2.10. The molecule has 2 rings (SSSR count). The number of alkyl halides is 1. The van der Waals surface area contributed by atoms with Crippen LogP contribution in [0, 0.1) is 5.92 Å². The van der Waals surface area contributed by atoms with Gasteiger partial charge in [0.1, 0.15) is 0 Å². The molecule has 88 valence electrons. The van der Waals surface area contributed by atoms with E-state index < -0.39 is 0 Å². The highest BCUT2D eigenvalue weighted by Gasteiger charge is 2.23. The lowest BCUT2D eigenvalue weighted by atomic mass is 10.1. The molecule has 0 amide bonds. The lowest BCUT2D eigenvalue weighted by molar-refractivity contribution is 0.397. The Morgan fingerprint density at radius 3 is 3.25 bits per heavy atom. The van der Waals surface area contributed by atoms with Crippen LogP contribution in [-0.2, 0) is 0 Å². The number of halogens is 1. The summed E-state index contributed by atoms with van der Waals surface area (Å²) in [5.41, 5.74) is 0. The van der Waals surface area contributed by atoms with Crippen LogP contribution in [-0.4, -0.2) is 35.5 Å². The van der Waals surface area contributed by atoms with Crippen molar-refractivity contribution in [2.24, 2.45) is 5.92 Å². The molecule has 1 aromatic rings. The second-order valence-electron chi connectivity index (χ2n) is 3.98. The topological polar surface area (TPSA) is 38.2 Å². The number of ether oxygens (including phenoxy) is 1. The molecule has 1 saturated heterocycles. The molecule has 1 aliphatic rings. The number of hydrogen-bond donors (Lipinski definition) is 0. The van der Waals surface area contributed by atoms with Gasteiger partial charge in [-0.15, -0.1) is 0 Å². The molecule has 0 saturated carbocycles. The molecule has 1 aliphatic heterocycles. The van der Waals surface area contributed by atoms with E-state index in [0.717, 1.165) is 30.3 Å². The molecule has 16 heavy (non-hydrogen) atoms. The molecule has 1 fully saturated rings. The third-order valence-electron chi connectivity index (χ3n) is 2.91. The zero-order valence-corrected chi connectivity index (χ0v) is 11.0. The fourth-order valence-corrected chi connectivity index (χ4v) is 2.65. The Hall–Kier alpha value is -0.840. The van der Waals surface area contributed by atoms with Crippen LogP contribution in [0.15, 0.2) is 12.3 Å². The molecule has 2 heterocycles. The Morgan fingerprint density at radius 2 is 2.50 bits per heavy atom. The van der Waals surface area contributed by atoms with Crippen molar-refractivity contribution in [2.75, 3.05) is 30.4 Å². The average molecular weight is 286 g/mol. The monoisotopic (exact) mass is 285 g/mol. The highest BCUT2D eigenvalue weighted by molar-refractivity contribution is 9.09. The SMILES string of the molecule is COc1ccnc(N2CCC(CCBr)C2)n1. The number of rotatable bonds is 4. The van der Waals surface area contributed by atoms with Crippen LogP contribution < -0.4 is 9.64 Å². The molecule has 0 aliphatic carbocycles. The predicted molar refractivity (Wildman–Crippen MR) is 67.3 cm³/mol. The summed E-state index contributed by atoms with van der Waals surface area (Å²) in [6.07, 6.45) is 4.20. The molecule has 0 N–H and O–H groups in total. The van der Waals surface area contributed by atoms with Crippen molar-refractivity contribution in [2.45, 2.75) is 12.8 Å². The van der Waals surface area contributed by atoms with Crippen molar-refractivity contribution in [3.05, 3.63) is 12.3 Å². The minimum absolute atomic E-state index is 0.633. The Balaban J connectivity index is 2.02. The number of anilines is 1. The van der Waals surface area contributed by atoms with Crippen molar-refractivity contribution in [1.82, 2.24) is 9.97 Å². The molecule has 0 aromatic carbocycles. The van der Waals surface area contributed by atoms with Gasteiger partial charge in [0.2, 0.25) is 11.8 Å². The van der Waals surface area contributed by atoms with Crippen LogP contribution in [0.5, 0.6) is 5.88 Å². The summed E-state index contributed by atoms with van der Waals surface area (Å²) >= 11 is 3.49. The maximum Gasteiger partial charge on any atom is 0.228 e. The molecule has 1 atom stereocenters. The molecular weight excluding hydrogens is 270 g/mol. The fraction of sp³-hybridized carbons (Fsp3) is 0.636. The van der Waals surface area contributed by atoms with Gasteiger partial charge in [-0.2, -0.15) is 4.98 Å². The first-order valence-corrected chi connectivity index (χ1v) is 6.63. The van der Waals surface area contributed by atoms with E-state index in [-0.39, 0.29) is 0 Å². The first-order valence-electron chi connectivity index (χ1n) is 5.51. The fourth-order valence-electron chi connectivity index (χ4n) is 2.00. The maximum absolute atomic E-state index is 5.10. The van der Waals surface area contributed by atoms with E-state index >= 15 is 0 Å². The molecule has 5 heteroatoms. The van der Waals surface area contributed by atoms with Crippen LogP contribution >= 0.6 is 15.9 Å². The average Bonchev–Trinajstić information content (AvgIpc) is 2.78. The summed E-state index contributed by atoms with van der Waals surface area (Å²) < 4.78 is 5.10. The second-order valence-corrected chi connectivity index (χ2v) is 4.77. The van der Waals surface area contributed by atoms with E-state index in [0.29, 0.717) is 5.88 Å². The highest BCUT2D eigenvalue weighted by Crippen LogP contribution is 2.24. The van der Waals surface area contributed by atoms with E-state index in [1.807, 2.05) is 0 Å². The van der Waals surface area contributed by atoms with Crippen LogP contribution in [0.3, 0.4) is 0 Å². The van der Waals surface area contributed by atoms with Crippen molar-refractivity contribution in [3.63, 3.8) is 0 Å². The largest absolute Gasteiger partial charge is 0.481 e. The van der Waals surface area contributed by atoms with Gasteiger partial charge in [0.05, 0.1) is 7.11 Å². The Kier molecular flexibility index (Phi) is 3.98. The van der Waals surface area contributed by atoms with E-state index in [2.05, 4.69) is 30.8 Å². The number of methoxy groups -OCH3 is 1. The van der Waals surface area contributed by atoms with Crippen molar-refractivity contribution in [1.29, 1.82) is 0 Å². The standard InChI is InChI=1S/C11H16BrN3O/c1-16-10-3-6-13-11(14-10)15-7-4-9(8-15)2-5-12/h3,6,9H,2,4-5,7-8H2,1H3. The molecule has 1 aromatic heterocycles.